The molecule has 0 aliphatic carbocycles. The van der Waals surface area contributed by atoms with Gasteiger partial charge in [0.15, 0.2) is 0 Å². The Morgan fingerprint density at radius 1 is 1.37 bits per heavy atom. The first-order valence-corrected chi connectivity index (χ1v) is 7.92. The maximum atomic E-state index is 5.81. The van der Waals surface area contributed by atoms with Crippen LogP contribution in [0.3, 0.4) is 0 Å². The Balaban J connectivity index is 1.75. The normalized spacial score (nSPS) is 20.4. The molecule has 2 rings (SSSR count). The average Bonchev–Trinajstić information content (AvgIpc) is 2.43. The fourth-order valence-electron chi connectivity index (χ4n) is 2.53. The summed E-state index contributed by atoms with van der Waals surface area (Å²) in [4.78, 5) is 2.55. The molecule has 1 aromatic rings. The zero-order valence-electron chi connectivity index (χ0n) is 11.6. The molecule has 1 aromatic carbocycles. The van der Waals surface area contributed by atoms with Crippen LogP contribution in [0.5, 0.6) is 5.75 Å². The molecule has 0 bridgehead atoms. The molecule has 19 heavy (non-hydrogen) atoms. The van der Waals surface area contributed by atoms with Crippen molar-refractivity contribution in [2.24, 2.45) is 0 Å². The molecule has 0 amide bonds. The van der Waals surface area contributed by atoms with Gasteiger partial charge in [0.25, 0.3) is 0 Å². The van der Waals surface area contributed by atoms with E-state index in [1.807, 2.05) is 24.3 Å². The number of halogens is 1. The van der Waals surface area contributed by atoms with Gasteiger partial charge in [0.2, 0.25) is 0 Å². The van der Waals surface area contributed by atoms with Gasteiger partial charge in [-0.15, -0.1) is 0 Å². The highest BCUT2D eigenvalue weighted by Crippen LogP contribution is 2.16. The van der Waals surface area contributed by atoms with Crippen LogP contribution in [0.1, 0.15) is 19.8 Å². The molecule has 1 atom stereocenters. The van der Waals surface area contributed by atoms with E-state index in [-0.39, 0.29) is 0 Å². The van der Waals surface area contributed by atoms with Gasteiger partial charge < -0.3 is 10.1 Å². The van der Waals surface area contributed by atoms with Crippen molar-refractivity contribution in [1.29, 1.82) is 0 Å². The number of piperazine rings is 1. The van der Waals surface area contributed by atoms with E-state index >= 15 is 0 Å². The van der Waals surface area contributed by atoms with Crippen LogP contribution < -0.4 is 10.1 Å². The minimum atomic E-state index is 0.673. The van der Waals surface area contributed by atoms with E-state index in [9.17, 15) is 0 Å². The molecule has 1 N–H and O–H groups in total. The van der Waals surface area contributed by atoms with Gasteiger partial charge in [0, 0.05) is 36.7 Å². The second-order valence-electron chi connectivity index (χ2n) is 4.98. The molecule has 1 aliphatic heterocycles. The molecule has 1 saturated heterocycles. The fourth-order valence-corrected chi connectivity index (χ4v) is 2.79. The molecule has 0 radical (unpaired) electrons. The molecule has 106 valence electrons. The predicted octanol–water partition coefficient (Wildman–Crippen LogP) is 2.90. The van der Waals surface area contributed by atoms with Crippen molar-refractivity contribution in [3.8, 4) is 5.75 Å². The summed E-state index contributed by atoms with van der Waals surface area (Å²) in [6, 6.07) is 8.71. The summed E-state index contributed by atoms with van der Waals surface area (Å²) in [5.74, 6) is 0.949. The first-order chi connectivity index (χ1) is 9.29. The summed E-state index contributed by atoms with van der Waals surface area (Å²) >= 11 is 3.43. The van der Waals surface area contributed by atoms with Crippen LogP contribution in [-0.2, 0) is 0 Å². The quantitative estimate of drug-likeness (QED) is 0.869. The van der Waals surface area contributed by atoms with Gasteiger partial charge in [-0.1, -0.05) is 29.3 Å². The van der Waals surface area contributed by atoms with E-state index in [4.69, 9.17) is 4.74 Å². The van der Waals surface area contributed by atoms with E-state index in [0.29, 0.717) is 6.04 Å². The predicted molar refractivity (Wildman–Crippen MR) is 82.8 cm³/mol. The molecule has 1 aliphatic rings. The van der Waals surface area contributed by atoms with Crippen LogP contribution in [0.25, 0.3) is 0 Å². The van der Waals surface area contributed by atoms with Crippen molar-refractivity contribution < 1.29 is 4.74 Å². The van der Waals surface area contributed by atoms with Gasteiger partial charge in [-0.05, 0) is 30.7 Å². The van der Waals surface area contributed by atoms with E-state index in [1.54, 1.807) is 0 Å². The van der Waals surface area contributed by atoms with Gasteiger partial charge >= 0.3 is 0 Å². The number of hydrogen-bond acceptors (Lipinski definition) is 3. The first-order valence-electron chi connectivity index (χ1n) is 7.12. The van der Waals surface area contributed by atoms with Crippen molar-refractivity contribution >= 4 is 15.9 Å². The SMILES string of the molecule is CCCC1CNCCN1CCOc1ccc(Br)cc1. The topological polar surface area (TPSA) is 24.5 Å². The second-order valence-corrected chi connectivity index (χ2v) is 5.90. The zero-order chi connectivity index (χ0) is 13.5. The molecule has 1 heterocycles. The van der Waals surface area contributed by atoms with Crippen molar-refractivity contribution in [2.75, 3.05) is 32.8 Å². The molecular formula is C15H23BrN2O. The van der Waals surface area contributed by atoms with Crippen LogP contribution in [0.4, 0.5) is 0 Å². The highest BCUT2D eigenvalue weighted by Gasteiger charge is 2.20. The molecule has 0 aromatic heterocycles. The Bertz CT molecular complexity index is 367. The average molecular weight is 327 g/mol. The summed E-state index contributed by atoms with van der Waals surface area (Å²) in [5, 5.41) is 3.48. The molecular weight excluding hydrogens is 304 g/mol. The van der Waals surface area contributed by atoms with Gasteiger partial charge in [0.05, 0.1) is 0 Å². The van der Waals surface area contributed by atoms with Crippen LogP contribution >= 0.6 is 15.9 Å². The summed E-state index contributed by atoms with van der Waals surface area (Å²) in [6.45, 7) is 7.38. The Morgan fingerprint density at radius 2 is 2.16 bits per heavy atom. The number of nitrogens with zero attached hydrogens (tertiary/aromatic N) is 1. The van der Waals surface area contributed by atoms with Gasteiger partial charge in [-0.25, -0.2) is 0 Å². The van der Waals surface area contributed by atoms with Crippen molar-refractivity contribution in [3.05, 3.63) is 28.7 Å². The standard InChI is InChI=1S/C15H23BrN2O/c1-2-3-14-12-17-8-9-18(14)10-11-19-15-6-4-13(16)5-7-15/h4-7,14,17H,2-3,8-12H2,1H3. The number of rotatable bonds is 6. The highest BCUT2D eigenvalue weighted by molar-refractivity contribution is 9.10. The molecule has 1 unspecified atom stereocenters. The lowest BCUT2D eigenvalue weighted by Crippen LogP contribution is -2.52. The first kappa shape index (κ1) is 14.8. The number of benzene rings is 1. The van der Waals surface area contributed by atoms with E-state index in [0.717, 1.165) is 43.0 Å². The van der Waals surface area contributed by atoms with Crippen molar-refractivity contribution in [1.82, 2.24) is 10.2 Å². The smallest absolute Gasteiger partial charge is 0.119 e. The summed E-state index contributed by atoms with van der Waals surface area (Å²) < 4.78 is 6.90. The Labute approximate surface area is 124 Å². The van der Waals surface area contributed by atoms with E-state index in [1.165, 1.54) is 12.8 Å². The van der Waals surface area contributed by atoms with E-state index < -0.39 is 0 Å². The van der Waals surface area contributed by atoms with Crippen molar-refractivity contribution in [3.63, 3.8) is 0 Å². The second kappa shape index (κ2) is 7.88. The third-order valence-electron chi connectivity index (χ3n) is 3.55. The van der Waals surface area contributed by atoms with Gasteiger partial charge in [-0.3, -0.25) is 4.90 Å². The summed E-state index contributed by atoms with van der Waals surface area (Å²) in [7, 11) is 0. The summed E-state index contributed by atoms with van der Waals surface area (Å²) in [6.07, 6.45) is 2.52. The maximum absolute atomic E-state index is 5.81. The number of ether oxygens (including phenoxy) is 1. The van der Waals surface area contributed by atoms with Gasteiger partial charge in [-0.2, -0.15) is 0 Å². The van der Waals surface area contributed by atoms with Crippen LogP contribution in [0.15, 0.2) is 28.7 Å². The Hall–Kier alpha value is -0.580. The largest absolute Gasteiger partial charge is 0.492 e. The fraction of sp³-hybridized carbons (Fsp3) is 0.600. The minimum absolute atomic E-state index is 0.673. The lowest BCUT2D eigenvalue weighted by atomic mass is 10.1. The number of hydrogen-bond donors (Lipinski definition) is 1. The minimum Gasteiger partial charge on any atom is -0.492 e. The highest BCUT2D eigenvalue weighted by atomic mass is 79.9. The monoisotopic (exact) mass is 326 g/mol. The van der Waals surface area contributed by atoms with Gasteiger partial charge in [0.1, 0.15) is 12.4 Å². The molecule has 1 fully saturated rings. The van der Waals surface area contributed by atoms with Crippen LogP contribution in [0.2, 0.25) is 0 Å². The molecule has 0 spiro atoms. The zero-order valence-corrected chi connectivity index (χ0v) is 13.2. The van der Waals surface area contributed by atoms with E-state index in [2.05, 4.69) is 33.1 Å². The Kier molecular flexibility index (Phi) is 6.14. The van der Waals surface area contributed by atoms with Crippen LogP contribution in [-0.4, -0.2) is 43.7 Å². The third-order valence-corrected chi connectivity index (χ3v) is 4.08. The number of nitrogens with one attached hydrogen (secondary N) is 1. The maximum Gasteiger partial charge on any atom is 0.119 e. The molecule has 0 saturated carbocycles. The van der Waals surface area contributed by atoms with Crippen molar-refractivity contribution in [2.45, 2.75) is 25.8 Å². The lowest BCUT2D eigenvalue weighted by molar-refractivity contribution is 0.127. The lowest BCUT2D eigenvalue weighted by Gasteiger charge is -2.36. The third kappa shape index (κ3) is 4.79. The molecule has 4 heteroatoms. The Morgan fingerprint density at radius 3 is 2.89 bits per heavy atom. The molecule has 3 nitrogen and oxygen atoms in total. The van der Waals surface area contributed by atoms with Crippen LogP contribution in [0, 0.1) is 0 Å². The summed E-state index contributed by atoms with van der Waals surface area (Å²) in [5.41, 5.74) is 0.